The molecule has 1 aromatic heterocycles. The summed E-state index contributed by atoms with van der Waals surface area (Å²) in [5.41, 5.74) is 0.822. The summed E-state index contributed by atoms with van der Waals surface area (Å²) in [4.78, 5) is 20.0. The fourth-order valence-electron chi connectivity index (χ4n) is 2.61. The molecule has 0 bridgehead atoms. The topological polar surface area (TPSA) is 52.1 Å². The fraction of sp³-hybridized carbons (Fsp3) is 0.353. The van der Waals surface area contributed by atoms with Gasteiger partial charge >= 0.3 is 5.97 Å². The Labute approximate surface area is 132 Å². The van der Waals surface area contributed by atoms with Crippen LogP contribution < -0.4 is 0 Å². The van der Waals surface area contributed by atoms with Crippen molar-refractivity contribution in [2.75, 3.05) is 6.61 Å². The molecular weight excluding hydrogens is 302 g/mol. The van der Waals surface area contributed by atoms with Crippen molar-refractivity contribution in [2.45, 2.75) is 31.6 Å². The van der Waals surface area contributed by atoms with Gasteiger partial charge in [0.2, 0.25) is 0 Å². The molecule has 0 radical (unpaired) electrons. The lowest BCUT2D eigenvalue weighted by molar-refractivity contribution is 0.0525. The van der Waals surface area contributed by atoms with E-state index in [-0.39, 0.29) is 5.41 Å². The van der Waals surface area contributed by atoms with E-state index in [1.165, 1.54) is 18.5 Å². The van der Waals surface area contributed by atoms with E-state index in [9.17, 15) is 13.6 Å². The zero-order chi connectivity index (χ0) is 16.4. The molecule has 0 unspecified atom stereocenters. The molecule has 0 saturated heterocycles. The van der Waals surface area contributed by atoms with Crippen LogP contribution in [0.3, 0.4) is 0 Å². The van der Waals surface area contributed by atoms with Crippen molar-refractivity contribution in [2.24, 2.45) is 0 Å². The van der Waals surface area contributed by atoms with Crippen LogP contribution >= 0.6 is 0 Å². The smallest absolute Gasteiger partial charge is 0.341 e. The molecule has 1 aliphatic rings. The first-order chi connectivity index (χ1) is 11.0. The molecule has 120 valence electrons. The summed E-state index contributed by atoms with van der Waals surface area (Å²) in [6.07, 6.45) is 5.15. The van der Waals surface area contributed by atoms with E-state index in [1.807, 2.05) is 0 Å². The SMILES string of the molecule is CCOC(=O)c1cnc(CC2(c3ccc(F)c(F)c3)CC2)nc1. The molecule has 6 heteroatoms. The van der Waals surface area contributed by atoms with E-state index in [2.05, 4.69) is 9.97 Å². The number of hydrogen-bond donors (Lipinski definition) is 0. The standard InChI is InChI=1S/C17H16F2N2O2/c1-2-23-16(22)11-9-20-15(21-10-11)8-17(5-6-17)12-3-4-13(18)14(19)7-12/h3-4,7,9-10H,2,5-6,8H2,1H3. The van der Waals surface area contributed by atoms with Crippen molar-refractivity contribution in [3.8, 4) is 0 Å². The number of rotatable bonds is 5. The van der Waals surface area contributed by atoms with Crippen LogP contribution in [-0.4, -0.2) is 22.5 Å². The summed E-state index contributed by atoms with van der Waals surface area (Å²) in [7, 11) is 0. The van der Waals surface area contributed by atoms with Crippen LogP contribution in [0.5, 0.6) is 0 Å². The van der Waals surface area contributed by atoms with Crippen molar-refractivity contribution in [3.05, 3.63) is 59.2 Å². The molecule has 0 aliphatic heterocycles. The first kappa shape index (κ1) is 15.5. The highest BCUT2D eigenvalue weighted by molar-refractivity contribution is 5.88. The van der Waals surface area contributed by atoms with Gasteiger partial charge in [-0.15, -0.1) is 0 Å². The number of halogens is 2. The fourth-order valence-corrected chi connectivity index (χ4v) is 2.61. The largest absolute Gasteiger partial charge is 0.462 e. The van der Waals surface area contributed by atoms with Crippen LogP contribution in [0.25, 0.3) is 0 Å². The van der Waals surface area contributed by atoms with E-state index in [0.29, 0.717) is 24.4 Å². The second-order valence-electron chi connectivity index (χ2n) is 5.69. The van der Waals surface area contributed by atoms with E-state index in [4.69, 9.17) is 4.74 Å². The zero-order valence-corrected chi connectivity index (χ0v) is 12.7. The summed E-state index contributed by atoms with van der Waals surface area (Å²) in [5.74, 6) is -1.58. The van der Waals surface area contributed by atoms with Gasteiger partial charge in [-0.1, -0.05) is 6.07 Å². The number of carbonyl (C=O) groups is 1. The minimum absolute atomic E-state index is 0.236. The maximum absolute atomic E-state index is 13.4. The Morgan fingerprint density at radius 2 is 1.91 bits per heavy atom. The summed E-state index contributed by atoms with van der Waals surface area (Å²) in [6.45, 7) is 2.02. The second-order valence-corrected chi connectivity index (χ2v) is 5.69. The molecule has 4 nitrogen and oxygen atoms in total. The Kier molecular flexibility index (Phi) is 4.07. The molecule has 1 fully saturated rings. The van der Waals surface area contributed by atoms with Gasteiger partial charge in [0.15, 0.2) is 11.6 Å². The molecule has 3 rings (SSSR count). The number of aromatic nitrogens is 2. The van der Waals surface area contributed by atoms with Crippen molar-refractivity contribution in [1.82, 2.24) is 9.97 Å². The van der Waals surface area contributed by atoms with Crippen molar-refractivity contribution in [3.63, 3.8) is 0 Å². The van der Waals surface area contributed by atoms with E-state index in [0.717, 1.165) is 24.5 Å². The number of benzene rings is 1. The van der Waals surface area contributed by atoms with Gasteiger partial charge in [-0.2, -0.15) is 0 Å². The first-order valence-corrected chi connectivity index (χ1v) is 7.48. The third-order valence-corrected chi connectivity index (χ3v) is 4.10. The molecule has 0 spiro atoms. The van der Waals surface area contributed by atoms with E-state index >= 15 is 0 Å². The molecule has 0 N–H and O–H groups in total. The van der Waals surface area contributed by atoms with Gasteiger partial charge in [-0.3, -0.25) is 0 Å². The van der Waals surface area contributed by atoms with E-state index < -0.39 is 17.6 Å². The van der Waals surface area contributed by atoms with Gasteiger partial charge in [-0.25, -0.2) is 23.5 Å². The van der Waals surface area contributed by atoms with Gasteiger partial charge < -0.3 is 4.74 Å². The molecule has 1 aliphatic carbocycles. The van der Waals surface area contributed by atoms with Gasteiger partial charge in [0.25, 0.3) is 0 Å². The summed E-state index contributed by atoms with van der Waals surface area (Å²) in [5, 5.41) is 0. The van der Waals surface area contributed by atoms with Gasteiger partial charge in [0.05, 0.1) is 12.2 Å². The van der Waals surface area contributed by atoms with Gasteiger partial charge in [0.1, 0.15) is 5.82 Å². The maximum Gasteiger partial charge on any atom is 0.341 e. The molecule has 1 aromatic carbocycles. The van der Waals surface area contributed by atoms with Crippen molar-refractivity contribution in [1.29, 1.82) is 0 Å². The quantitative estimate of drug-likeness (QED) is 0.794. The lowest BCUT2D eigenvalue weighted by atomic mass is 9.92. The number of nitrogens with zero attached hydrogens (tertiary/aromatic N) is 2. The average molecular weight is 318 g/mol. The predicted octanol–water partition coefficient (Wildman–Crippen LogP) is 3.21. The Hall–Kier alpha value is -2.37. The lowest BCUT2D eigenvalue weighted by Crippen LogP contribution is -2.14. The highest BCUT2D eigenvalue weighted by Crippen LogP contribution is 2.50. The van der Waals surface area contributed by atoms with Crippen LogP contribution in [0.1, 0.15) is 41.5 Å². The van der Waals surface area contributed by atoms with Crippen molar-refractivity contribution >= 4 is 5.97 Å². The second kappa shape index (κ2) is 6.02. The number of esters is 1. The van der Waals surface area contributed by atoms with Crippen LogP contribution in [0.2, 0.25) is 0 Å². The Bertz CT molecular complexity index is 728. The summed E-state index contributed by atoms with van der Waals surface area (Å²) >= 11 is 0. The van der Waals surface area contributed by atoms with Gasteiger partial charge in [-0.05, 0) is 37.5 Å². The van der Waals surface area contributed by atoms with Crippen LogP contribution in [-0.2, 0) is 16.6 Å². The Morgan fingerprint density at radius 3 is 2.48 bits per heavy atom. The summed E-state index contributed by atoms with van der Waals surface area (Å²) in [6, 6.07) is 4.00. The minimum Gasteiger partial charge on any atom is -0.462 e. The monoisotopic (exact) mass is 318 g/mol. The third kappa shape index (κ3) is 3.21. The maximum atomic E-state index is 13.4. The van der Waals surface area contributed by atoms with Crippen LogP contribution in [0.15, 0.2) is 30.6 Å². The molecule has 23 heavy (non-hydrogen) atoms. The molecular formula is C17H16F2N2O2. The van der Waals surface area contributed by atoms with Crippen molar-refractivity contribution < 1.29 is 18.3 Å². The third-order valence-electron chi connectivity index (χ3n) is 4.10. The Balaban J connectivity index is 1.76. The Morgan fingerprint density at radius 1 is 1.22 bits per heavy atom. The lowest BCUT2D eigenvalue weighted by Gasteiger charge is -2.15. The van der Waals surface area contributed by atoms with Crippen LogP contribution in [0, 0.1) is 11.6 Å². The average Bonchev–Trinajstić information content (AvgIpc) is 3.31. The summed E-state index contributed by atoms with van der Waals surface area (Å²) < 4.78 is 31.4. The number of hydrogen-bond acceptors (Lipinski definition) is 4. The molecule has 0 amide bonds. The molecule has 1 heterocycles. The predicted molar refractivity (Wildman–Crippen MR) is 79.0 cm³/mol. The molecule has 1 saturated carbocycles. The highest BCUT2D eigenvalue weighted by Gasteiger charge is 2.45. The molecule has 2 aromatic rings. The normalized spacial score (nSPS) is 15.3. The first-order valence-electron chi connectivity index (χ1n) is 7.48. The van der Waals surface area contributed by atoms with Crippen LogP contribution in [0.4, 0.5) is 8.78 Å². The highest BCUT2D eigenvalue weighted by atomic mass is 19.2. The van der Waals surface area contributed by atoms with E-state index in [1.54, 1.807) is 13.0 Å². The zero-order valence-electron chi connectivity index (χ0n) is 12.7. The number of carbonyl (C=O) groups excluding carboxylic acids is 1. The molecule has 0 atom stereocenters. The minimum atomic E-state index is -0.848. The van der Waals surface area contributed by atoms with Gasteiger partial charge in [0, 0.05) is 24.2 Å². The number of ether oxygens (including phenoxy) is 1.